The van der Waals surface area contributed by atoms with Crippen molar-refractivity contribution >= 4 is 22.3 Å². The lowest BCUT2D eigenvalue weighted by Crippen LogP contribution is -2.51. The Hall–Kier alpha value is -1.51. The zero-order valence-corrected chi connectivity index (χ0v) is 12.0. The van der Waals surface area contributed by atoms with E-state index in [0.717, 1.165) is 30.0 Å². The number of carboxylic acid groups (broad SMARTS) is 1. The first-order chi connectivity index (χ1) is 9.47. The highest BCUT2D eigenvalue weighted by atomic mass is 32.1. The average Bonchev–Trinajstić information content (AvgIpc) is 2.87. The molecule has 1 saturated heterocycles. The lowest BCUT2D eigenvalue weighted by atomic mass is 10.2. The highest BCUT2D eigenvalue weighted by Crippen LogP contribution is 2.23. The number of piperazine rings is 1. The summed E-state index contributed by atoms with van der Waals surface area (Å²) in [5.41, 5.74) is 0.946. The Balaban J connectivity index is 1.85. The largest absolute Gasteiger partial charge is 0.480 e. The topological polar surface area (TPSA) is 86.9 Å². The summed E-state index contributed by atoms with van der Waals surface area (Å²) in [6.07, 6.45) is 0. The molecular weight excluding hydrogens is 282 g/mol. The number of thiophene rings is 1. The van der Waals surface area contributed by atoms with Crippen LogP contribution in [0.25, 0.3) is 0 Å². The molecule has 0 radical (unpaired) electrons. The number of hydrogen-bond acceptors (Lipinski definition) is 6. The van der Waals surface area contributed by atoms with E-state index in [1.807, 2.05) is 10.3 Å². The fourth-order valence-electron chi connectivity index (χ4n) is 2.26. The maximum Gasteiger partial charge on any atom is 0.324 e. The van der Waals surface area contributed by atoms with Gasteiger partial charge in [-0.25, -0.2) is 0 Å². The van der Waals surface area contributed by atoms with Crippen LogP contribution in [0.4, 0.5) is 5.00 Å². The third-order valence-corrected chi connectivity index (χ3v) is 4.47. The van der Waals surface area contributed by atoms with Gasteiger partial charge in [-0.15, -0.1) is 0 Å². The van der Waals surface area contributed by atoms with Crippen molar-refractivity contribution in [2.45, 2.75) is 19.5 Å². The monoisotopic (exact) mass is 299 g/mol. The van der Waals surface area contributed by atoms with Gasteiger partial charge in [0.25, 0.3) is 0 Å². The average molecular weight is 299 g/mol. The second-order valence-electron chi connectivity index (χ2n) is 4.88. The molecule has 7 nitrogen and oxygen atoms in total. The molecule has 110 valence electrons. The molecule has 0 bridgehead atoms. The fourth-order valence-corrected chi connectivity index (χ4v) is 2.98. The van der Waals surface area contributed by atoms with Gasteiger partial charge in [0, 0.05) is 44.2 Å². The molecule has 1 fully saturated rings. The van der Waals surface area contributed by atoms with Crippen LogP contribution in [0.1, 0.15) is 12.5 Å². The predicted octanol–water partition coefficient (Wildman–Crippen LogP) is 1.25. The van der Waals surface area contributed by atoms with Crippen LogP contribution in [0.5, 0.6) is 0 Å². The SMILES string of the molecule is CC(C(=O)O)N1CCN(Cc2csc([N+](=O)[O-])c2)CC1. The first kappa shape index (κ1) is 14.9. The van der Waals surface area contributed by atoms with Crippen LogP contribution < -0.4 is 0 Å². The molecular formula is C12H17N3O4S. The number of hydrogen-bond donors (Lipinski definition) is 1. The summed E-state index contributed by atoms with van der Waals surface area (Å²) in [7, 11) is 0. The van der Waals surface area contributed by atoms with Gasteiger partial charge in [0.2, 0.25) is 0 Å². The van der Waals surface area contributed by atoms with Crippen LogP contribution in [0.3, 0.4) is 0 Å². The Morgan fingerprint density at radius 1 is 1.50 bits per heavy atom. The molecule has 20 heavy (non-hydrogen) atoms. The summed E-state index contributed by atoms with van der Waals surface area (Å²) >= 11 is 1.14. The van der Waals surface area contributed by atoms with E-state index >= 15 is 0 Å². The molecule has 1 aromatic heterocycles. The quantitative estimate of drug-likeness (QED) is 0.650. The molecule has 0 aromatic carbocycles. The van der Waals surface area contributed by atoms with E-state index in [1.165, 1.54) is 0 Å². The summed E-state index contributed by atoms with van der Waals surface area (Å²) in [6, 6.07) is 1.15. The molecule has 2 rings (SSSR count). The minimum atomic E-state index is -0.799. The second-order valence-corrected chi connectivity index (χ2v) is 5.77. The van der Waals surface area contributed by atoms with Gasteiger partial charge in [-0.1, -0.05) is 11.3 Å². The molecule has 8 heteroatoms. The third-order valence-electron chi connectivity index (χ3n) is 3.54. The van der Waals surface area contributed by atoms with Crippen molar-refractivity contribution in [3.8, 4) is 0 Å². The molecule has 0 amide bonds. The molecule has 0 aliphatic carbocycles. The van der Waals surface area contributed by atoms with E-state index in [4.69, 9.17) is 5.11 Å². The summed E-state index contributed by atoms with van der Waals surface area (Å²) in [5.74, 6) is -0.799. The number of rotatable bonds is 5. The first-order valence-electron chi connectivity index (χ1n) is 6.38. The van der Waals surface area contributed by atoms with Crippen molar-refractivity contribution in [2.24, 2.45) is 0 Å². The van der Waals surface area contributed by atoms with Crippen molar-refractivity contribution in [3.05, 3.63) is 27.1 Å². The van der Waals surface area contributed by atoms with Crippen LogP contribution in [-0.2, 0) is 11.3 Å². The number of nitrogens with zero attached hydrogens (tertiary/aromatic N) is 3. The highest BCUT2D eigenvalue weighted by Gasteiger charge is 2.25. The lowest BCUT2D eigenvalue weighted by molar-refractivity contribution is -0.380. The molecule has 2 heterocycles. The van der Waals surface area contributed by atoms with Crippen molar-refractivity contribution in [1.82, 2.24) is 9.80 Å². The standard InChI is InChI=1S/C12H17N3O4S/c1-9(12(16)17)14-4-2-13(3-5-14)7-10-6-11(15(18)19)20-8-10/h6,8-9H,2-5,7H2,1H3,(H,16,17). The van der Waals surface area contributed by atoms with Gasteiger partial charge in [-0.3, -0.25) is 24.7 Å². The minimum Gasteiger partial charge on any atom is -0.480 e. The molecule has 1 aromatic rings. The summed E-state index contributed by atoms with van der Waals surface area (Å²) < 4.78 is 0. The van der Waals surface area contributed by atoms with Crippen molar-refractivity contribution in [3.63, 3.8) is 0 Å². The van der Waals surface area contributed by atoms with E-state index in [-0.39, 0.29) is 9.92 Å². The number of carbonyl (C=O) groups is 1. The van der Waals surface area contributed by atoms with E-state index < -0.39 is 12.0 Å². The third kappa shape index (κ3) is 3.53. The summed E-state index contributed by atoms with van der Waals surface area (Å²) in [6.45, 7) is 5.35. The van der Waals surface area contributed by atoms with Gasteiger partial charge in [0.1, 0.15) is 6.04 Å². The minimum absolute atomic E-state index is 0.165. The van der Waals surface area contributed by atoms with E-state index in [9.17, 15) is 14.9 Å². The second kappa shape index (κ2) is 6.29. The summed E-state index contributed by atoms with van der Waals surface area (Å²) in [5, 5.41) is 21.6. The van der Waals surface area contributed by atoms with Crippen LogP contribution in [0.15, 0.2) is 11.4 Å². The van der Waals surface area contributed by atoms with Gasteiger partial charge >= 0.3 is 11.0 Å². The molecule has 1 aliphatic rings. The summed E-state index contributed by atoms with van der Waals surface area (Å²) in [4.78, 5) is 25.3. The van der Waals surface area contributed by atoms with Gasteiger partial charge in [0.15, 0.2) is 0 Å². The van der Waals surface area contributed by atoms with E-state index in [0.29, 0.717) is 19.6 Å². The molecule has 0 saturated carbocycles. The Labute approximate surface area is 120 Å². The molecule has 1 aliphatic heterocycles. The van der Waals surface area contributed by atoms with Gasteiger partial charge in [-0.05, 0) is 12.5 Å². The maximum absolute atomic E-state index is 10.9. The zero-order chi connectivity index (χ0) is 14.7. The van der Waals surface area contributed by atoms with Crippen LogP contribution in [-0.4, -0.2) is 58.0 Å². The highest BCUT2D eigenvalue weighted by molar-refractivity contribution is 7.13. The van der Waals surface area contributed by atoms with E-state index in [2.05, 4.69) is 4.90 Å². The van der Waals surface area contributed by atoms with Crippen molar-refractivity contribution in [2.75, 3.05) is 26.2 Å². The van der Waals surface area contributed by atoms with Crippen molar-refractivity contribution < 1.29 is 14.8 Å². The van der Waals surface area contributed by atoms with Gasteiger partial charge in [0.05, 0.1) is 4.92 Å². The molecule has 1 atom stereocenters. The Bertz CT molecular complexity index is 497. The lowest BCUT2D eigenvalue weighted by Gasteiger charge is -2.36. The Kier molecular flexibility index (Phi) is 4.69. The fraction of sp³-hybridized carbons (Fsp3) is 0.583. The van der Waals surface area contributed by atoms with Crippen LogP contribution in [0.2, 0.25) is 0 Å². The smallest absolute Gasteiger partial charge is 0.324 e. The molecule has 1 N–H and O–H groups in total. The van der Waals surface area contributed by atoms with Crippen LogP contribution in [0, 0.1) is 10.1 Å². The Morgan fingerprint density at radius 3 is 2.65 bits per heavy atom. The predicted molar refractivity (Wildman–Crippen MR) is 74.9 cm³/mol. The van der Waals surface area contributed by atoms with Gasteiger partial charge < -0.3 is 5.11 Å². The number of nitro groups is 1. The first-order valence-corrected chi connectivity index (χ1v) is 7.26. The van der Waals surface area contributed by atoms with Gasteiger partial charge in [-0.2, -0.15) is 0 Å². The normalized spacial score (nSPS) is 18.9. The zero-order valence-electron chi connectivity index (χ0n) is 11.2. The number of carboxylic acids is 1. The Morgan fingerprint density at radius 2 is 2.15 bits per heavy atom. The molecule has 1 unspecified atom stereocenters. The molecule has 0 spiro atoms. The van der Waals surface area contributed by atoms with Crippen molar-refractivity contribution in [1.29, 1.82) is 0 Å². The number of aliphatic carboxylic acids is 1. The van der Waals surface area contributed by atoms with E-state index in [1.54, 1.807) is 13.0 Å². The maximum atomic E-state index is 10.9. The van der Waals surface area contributed by atoms with Crippen LogP contribution >= 0.6 is 11.3 Å².